The minimum absolute atomic E-state index is 0.0581. The Kier molecular flexibility index (Phi) is 8.05. The van der Waals surface area contributed by atoms with Crippen LogP contribution in [0.3, 0.4) is 0 Å². The molecule has 0 atom stereocenters. The Morgan fingerprint density at radius 3 is 2.10 bits per heavy atom. The van der Waals surface area contributed by atoms with Crippen LogP contribution in [0.5, 0.6) is 0 Å². The van der Waals surface area contributed by atoms with Gasteiger partial charge in [0.05, 0.1) is 0 Å². The molecule has 5 nitrogen and oxygen atoms in total. The molecule has 0 radical (unpaired) electrons. The molecule has 1 aliphatic rings. The lowest BCUT2D eigenvalue weighted by Crippen LogP contribution is -2.38. The zero-order valence-electron chi connectivity index (χ0n) is 13.4. The first kappa shape index (κ1) is 17.7. The number of hydrogen-bond acceptors (Lipinski definition) is 3. The number of hydrogen-bond donors (Lipinski definition) is 2. The van der Waals surface area contributed by atoms with Crippen molar-refractivity contribution in [2.75, 3.05) is 33.7 Å². The normalized spacial score (nSPS) is 21.9. The van der Waals surface area contributed by atoms with E-state index in [4.69, 9.17) is 0 Å². The zero-order chi connectivity index (χ0) is 15.7. The lowest BCUT2D eigenvalue weighted by atomic mass is 9.81. The Morgan fingerprint density at radius 2 is 1.62 bits per heavy atom. The summed E-state index contributed by atoms with van der Waals surface area (Å²) in [6.45, 7) is 5.82. The van der Waals surface area contributed by atoms with E-state index in [0.29, 0.717) is 6.54 Å². The van der Waals surface area contributed by atoms with Gasteiger partial charge in [-0.25, -0.2) is 0 Å². The number of nitrogens with one attached hydrogen (secondary N) is 2. The molecule has 0 unspecified atom stereocenters. The van der Waals surface area contributed by atoms with Gasteiger partial charge in [-0.05, 0) is 52.7 Å². The lowest BCUT2D eigenvalue weighted by Gasteiger charge is -2.27. The molecule has 0 aromatic rings. The van der Waals surface area contributed by atoms with E-state index in [2.05, 4.69) is 22.1 Å². The van der Waals surface area contributed by atoms with E-state index < -0.39 is 0 Å². The van der Waals surface area contributed by atoms with E-state index in [-0.39, 0.29) is 23.7 Å². The molecule has 21 heavy (non-hydrogen) atoms. The van der Waals surface area contributed by atoms with Gasteiger partial charge in [-0.3, -0.25) is 9.59 Å². The molecular formula is C16H29N3O2. The molecule has 1 aliphatic carbocycles. The van der Waals surface area contributed by atoms with Crippen LogP contribution in [0.4, 0.5) is 0 Å². The molecule has 0 aromatic carbocycles. The highest BCUT2D eigenvalue weighted by atomic mass is 16.2. The van der Waals surface area contributed by atoms with Crippen LogP contribution in [0.25, 0.3) is 0 Å². The zero-order valence-corrected chi connectivity index (χ0v) is 13.4. The molecule has 2 amide bonds. The SMILES string of the molecule is C=CCNC(=O)C1CCC(C(=O)NCCCN(C)C)CC1. The van der Waals surface area contributed by atoms with Gasteiger partial charge in [0.2, 0.25) is 11.8 Å². The van der Waals surface area contributed by atoms with Gasteiger partial charge in [-0.1, -0.05) is 6.08 Å². The average molecular weight is 295 g/mol. The van der Waals surface area contributed by atoms with Crippen molar-refractivity contribution in [3.8, 4) is 0 Å². The van der Waals surface area contributed by atoms with E-state index >= 15 is 0 Å². The van der Waals surface area contributed by atoms with Gasteiger partial charge < -0.3 is 15.5 Å². The van der Waals surface area contributed by atoms with Crippen molar-refractivity contribution in [3.63, 3.8) is 0 Å². The molecule has 0 aromatic heterocycles. The molecule has 2 N–H and O–H groups in total. The number of nitrogens with zero attached hydrogens (tertiary/aromatic N) is 1. The number of amides is 2. The van der Waals surface area contributed by atoms with Crippen LogP contribution in [0.2, 0.25) is 0 Å². The summed E-state index contributed by atoms with van der Waals surface area (Å²) < 4.78 is 0. The molecule has 0 spiro atoms. The first-order chi connectivity index (χ1) is 10.0. The second kappa shape index (κ2) is 9.55. The molecule has 1 fully saturated rings. The van der Waals surface area contributed by atoms with E-state index in [9.17, 15) is 9.59 Å². The van der Waals surface area contributed by atoms with Crippen molar-refractivity contribution >= 4 is 11.8 Å². The summed E-state index contributed by atoms with van der Waals surface area (Å²) in [6.07, 6.45) is 5.89. The van der Waals surface area contributed by atoms with Crippen LogP contribution < -0.4 is 10.6 Å². The maximum absolute atomic E-state index is 12.1. The molecule has 0 bridgehead atoms. The molecule has 1 saturated carbocycles. The molecule has 0 saturated heterocycles. The van der Waals surface area contributed by atoms with E-state index in [1.165, 1.54) is 0 Å². The molecule has 0 aliphatic heterocycles. The van der Waals surface area contributed by atoms with E-state index in [0.717, 1.165) is 45.2 Å². The third-order valence-electron chi connectivity index (χ3n) is 3.97. The fraction of sp³-hybridized carbons (Fsp3) is 0.750. The summed E-state index contributed by atoms with van der Waals surface area (Å²) in [5, 5.41) is 5.84. The van der Waals surface area contributed by atoms with Crippen LogP contribution in [-0.2, 0) is 9.59 Å². The molecule has 0 heterocycles. The summed E-state index contributed by atoms with van der Waals surface area (Å²) in [5.74, 6) is 0.383. The van der Waals surface area contributed by atoms with Crippen molar-refractivity contribution in [3.05, 3.63) is 12.7 Å². The fourth-order valence-corrected chi connectivity index (χ4v) is 2.69. The lowest BCUT2D eigenvalue weighted by molar-refractivity contribution is -0.130. The predicted octanol–water partition coefficient (Wildman–Crippen LogP) is 1.16. The third kappa shape index (κ3) is 6.76. The summed E-state index contributed by atoms with van der Waals surface area (Å²) in [4.78, 5) is 26.0. The average Bonchev–Trinajstić information content (AvgIpc) is 2.49. The van der Waals surface area contributed by atoms with Crippen molar-refractivity contribution in [1.82, 2.24) is 15.5 Å². The maximum atomic E-state index is 12.1. The van der Waals surface area contributed by atoms with E-state index in [1.807, 2.05) is 14.1 Å². The molecule has 120 valence electrons. The van der Waals surface area contributed by atoms with Crippen LogP contribution >= 0.6 is 0 Å². The summed E-state index contributed by atoms with van der Waals surface area (Å²) in [6, 6.07) is 0. The second-order valence-electron chi connectivity index (χ2n) is 6.03. The van der Waals surface area contributed by atoms with Crippen LogP contribution in [0.15, 0.2) is 12.7 Å². The highest BCUT2D eigenvalue weighted by Crippen LogP contribution is 2.29. The molecule has 1 rings (SSSR count). The van der Waals surface area contributed by atoms with Gasteiger partial charge in [-0.15, -0.1) is 6.58 Å². The van der Waals surface area contributed by atoms with Crippen LogP contribution in [0, 0.1) is 11.8 Å². The smallest absolute Gasteiger partial charge is 0.223 e. The first-order valence-electron chi connectivity index (χ1n) is 7.85. The minimum atomic E-state index is 0.0581. The van der Waals surface area contributed by atoms with Gasteiger partial charge in [0.25, 0.3) is 0 Å². The Hall–Kier alpha value is -1.36. The van der Waals surface area contributed by atoms with Gasteiger partial charge >= 0.3 is 0 Å². The molecule has 5 heteroatoms. The Labute approximate surface area is 128 Å². The quantitative estimate of drug-likeness (QED) is 0.522. The van der Waals surface area contributed by atoms with Crippen LogP contribution in [0.1, 0.15) is 32.1 Å². The second-order valence-corrected chi connectivity index (χ2v) is 6.03. The van der Waals surface area contributed by atoms with Gasteiger partial charge in [0.1, 0.15) is 0 Å². The highest BCUT2D eigenvalue weighted by Gasteiger charge is 2.29. The van der Waals surface area contributed by atoms with Gasteiger partial charge in [0.15, 0.2) is 0 Å². The monoisotopic (exact) mass is 295 g/mol. The Balaban J connectivity index is 2.21. The third-order valence-corrected chi connectivity index (χ3v) is 3.97. The molecular weight excluding hydrogens is 266 g/mol. The van der Waals surface area contributed by atoms with Crippen molar-refractivity contribution < 1.29 is 9.59 Å². The van der Waals surface area contributed by atoms with Crippen molar-refractivity contribution in [2.45, 2.75) is 32.1 Å². The summed E-state index contributed by atoms with van der Waals surface area (Å²) in [5.41, 5.74) is 0. The summed E-state index contributed by atoms with van der Waals surface area (Å²) >= 11 is 0. The van der Waals surface area contributed by atoms with Crippen LogP contribution in [-0.4, -0.2) is 50.4 Å². The minimum Gasteiger partial charge on any atom is -0.356 e. The predicted molar refractivity (Wildman–Crippen MR) is 84.8 cm³/mol. The van der Waals surface area contributed by atoms with E-state index in [1.54, 1.807) is 6.08 Å². The number of carbonyl (C=O) groups is 2. The number of rotatable bonds is 8. The van der Waals surface area contributed by atoms with Gasteiger partial charge in [-0.2, -0.15) is 0 Å². The highest BCUT2D eigenvalue weighted by molar-refractivity contribution is 5.81. The Morgan fingerprint density at radius 1 is 1.10 bits per heavy atom. The maximum Gasteiger partial charge on any atom is 0.223 e. The standard InChI is InChI=1S/C16H29N3O2/c1-4-10-17-15(20)13-6-8-14(9-7-13)16(21)18-11-5-12-19(2)3/h4,13-14H,1,5-12H2,2-3H3,(H,17,20)(H,18,21). The van der Waals surface area contributed by atoms with Crippen molar-refractivity contribution in [2.24, 2.45) is 11.8 Å². The number of carbonyl (C=O) groups excluding carboxylic acids is 2. The first-order valence-corrected chi connectivity index (χ1v) is 7.85. The fourth-order valence-electron chi connectivity index (χ4n) is 2.69. The Bertz CT molecular complexity index is 347. The van der Waals surface area contributed by atoms with Gasteiger partial charge in [0, 0.05) is 24.9 Å². The largest absolute Gasteiger partial charge is 0.356 e. The summed E-state index contributed by atoms with van der Waals surface area (Å²) in [7, 11) is 4.06. The topological polar surface area (TPSA) is 61.4 Å². The van der Waals surface area contributed by atoms with Crippen molar-refractivity contribution in [1.29, 1.82) is 0 Å².